The maximum absolute atomic E-state index is 14.8. The molecule has 15 nitrogen and oxygen atoms in total. The standard InChI is InChI=1S/C64H70O15S/c1-3-75-80(66,67)46-64(62(74-43-52-32-20-9-21-33-52)59(71-40-49-26-14-6-15-27-49)57(65)55(78-64)44-69-38-47-22-10-4-11-23-47)79-58-56(45-70-39-48-24-12-5-13-25-48)77-63(76-54-36-34-53(68-2)35-37-54)61(73-42-51-30-18-8-19-31-51)60(58)72-41-50-28-16-7-17-29-50/h4-37,55-63,65H,3,38-46H2,1-2H3/t55-,56-,57-,58-,59+,60+,61-,62-,63-,64-/m1/s1. The van der Waals surface area contributed by atoms with Gasteiger partial charge in [0.05, 0.1) is 66.6 Å². The highest BCUT2D eigenvalue weighted by molar-refractivity contribution is 7.86. The molecule has 0 saturated carbocycles. The smallest absolute Gasteiger partial charge is 0.272 e. The third-order valence-corrected chi connectivity index (χ3v) is 15.0. The number of aliphatic hydroxyl groups excluding tert-OH is 1. The second-order valence-electron chi connectivity index (χ2n) is 19.5. The van der Waals surface area contributed by atoms with Crippen molar-refractivity contribution >= 4 is 10.1 Å². The van der Waals surface area contributed by atoms with Crippen LogP contribution in [0.25, 0.3) is 0 Å². The molecule has 0 aliphatic carbocycles. The lowest BCUT2D eigenvalue weighted by Gasteiger charge is -2.54. The van der Waals surface area contributed by atoms with E-state index < -0.39 is 76.8 Å². The Morgan fingerprint density at radius 2 is 0.875 bits per heavy atom. The van der Waals surface area contributed by atoms with Crippen LogP contribution in [0.3, 0.4) is 0 Å². The Morgan fingerprint density at radius 1 is 0.475 bits per heavy atom. The number of hydrogen-bond acceptors (Lipinski definition) is 15. The lowest BCUT2D eigenvalue weighted by Crippen LogP contribution is -2.73. The summed E-state index contributed by atoms with van der Waals surface area (Å²) in [5.74, 6) is -2.31. The van der Waals surface area contributed by atoms with Gasteiger partial charge in [-0.15, -0.1) is 0 Å². The second kappa shape index (κ2) is 29.4. The van der Waals surface area contributed by atoms with E-state index in [9.17, 15) is 13.5 Å². The van der Waals surface area contributed by atoms with E-state index in [1.165, 1.54) is 0 Å². The van der Waals surface area contributed by atoms with Gasteiger partial charge < -0.3 is 57.2 Å². The van der Waals surface area contributed by atoms with Crippen molar-refractivity contribution in [1.29, 1.82) is 0 Å². The lowest BCUT2D eigenvalue weighted by atomic mass is 9.91. The molecule has 422 valence electrons. The van der Waals surface area contributed by atoms with Crippen molar-refractivity contribution in [2.45, 2.75) is 107 Å². The van der Waals surface area contributed by atoms with Crippen LogP contribution >= 0.6 is 0 Å². The van der Waals surface area contributed by atoms with Gasteiger partial charge in [-0.3, -0.25) is 4.18 Å². The first-order chi connectivity index (χ1) is 39.2. The van der Waals surface area contributed by atoms with E-state index in [1.54, 1.807) is 38.3 Å². The summed E-state index contributed by atoms with van der Waals surface area (Å²) in [5, 5.41) is 12.7. The van der Waals surface area contributed by atoms with Crippen LogP contribution in [0.2, 0.25) is 0 Å². The molecule has 7 aromatic carbocycles. The first-order valence-electron chi connectivity index (χ1n) is 26.9. The number of ether oxygens (including phenoxy) is 11. The Kier molecular flexibility index (Phi) is 21.4. The third-order valence-electron chi connectivity index (χ3n) is 13.6. The summed E-state index contributed by atoms with van der Waals surface area (Å²) >= 11 is 0. The molecule has 0 radical (unpaired) electrons. The minimum atomic E-state index is -4.60. The highest BCUT2D eigenvalue weighted by Crippen LogP contribution is 2.42. The molecule has 80 heavy (non-hydrogen) atoms. The number of methoxy groups -OCH3 is 1. The Hall–Kier alpha value is -6.35. The molecule has 0 spiro atoms. The first-order valence-corrected chi connectivity index (χ1v) is 28.5. The van der Waals surface area contributed by atoms with Crippen LogP contribution in [0.5, 0.6) is 11.5 Å². The van der Waals surface area contributed by atoms with Crippen LogP contribution in [0.1, 0.15) is 40.3 Å². The van der Waals surface area contributed by atoms with Gasteiger partial charge in [-0.05, 0) is 64.6 Å². The van der Waals surface area contributed by atoms with Gasteiger partial charge in [-0.25, -0.2) is 0 Å². The van der Waals surface area contributed by atoms with Gasteiger partial charge in [0.1, 0.15) is 66.1 Å². The quantitative estimate of drug-likeness (QED) is 0.0440. The summed E-state index contributed by atoms with van der Waals surface area (Å²) in [4.78, 5) is 0. The van der Waals surface area contributed by atoms with Gasteiger partial charge in [0, 0.05) is 0 Å². The largest absolute Gasteiger partial charge is 0.497 e. The van der Waals surface area contributed by atoms with Crippen LogP contribution in [0, 0.1) is 0 Å². The number of rotatable bonds is 29. The third kappa shape index (κ3) is 16.4. The van der Waals surface area contributed by atoms with Crippen molar-refractivity contribution in [3.8, 4) is 11.5 Å². The molecule has 9 rings (SSSR count). The molecule has 0 aromatic heterocycles. The van der Waals surface area contributed by atoms with E-state index in [-0.39, 0.29) is 59.5 Å². The predicted molar refractivity (Wildman–Crippen MR) is 298 cm³/mol. The summed E-state index contributed by atoms with van der Waals surface area (Å²) in [6.45, 7) is 1.35. The highest BCUT2D eigenvalue weighted by atomic mass is 32.2. The van der Waals surface area contributed by atoms with Gasteiger partial charge in [-0.1, -0.05) is 182 Å². The molecule has 0 amide bonds. The highest BCUT2D eigenvalue weighted by Gasteiger charge is 2.63. The zero-order valence-corrected chi connectivity index (χ0v) is 45.8. The predicted octanol–water partition coefficient (Wildman–Crippen LogP) is 9.78. The van der Waals surface area contributed by atoms with Gasteiger partial charge in [0.2, 0.25) is 12.1 Å². The average molecular weight is 1110 g/mol. The van der Waals surface area contributed by atoms with Gasteiger partial charge in [-0.2, -0.15) is 8.42 Å². The minimum Gasteiger partial charge on any atom is -0.497 e. The monoisotopic (exact) mass is 1110 g/mol. The molecule has 2 saturated heterocycles. The van der Waals surface area contributed by atoms with Crippen LogP contribution in [-0.4, -0.2) is 107 Å². The molecule has 1 N–H and O–H groups in total. The van der Waals surface area contributed by atoms with Crippen molar-refractivity contribution in [2.24, 2.45) is 0 Å². The summed E-state index contributed by atoms with van der Waals surface area (Å²) in [6.07, 6.45) is -11.5. The average Bonchev–Trinajstić information content (AvgIpc) is 3.33. The second-order valence-corrected chi connectivity index (χ2v) is 21.1. The van der Waals surface area contributed by atoms with E-state index in [4.69, 9.17) is 56.3 Å². The molecular weight excluding hydrogens is 1040 g/mol. The van der Waals surface area contributed by atoms with Crippen LogP contribution in [0.15, 0.2) is 206 Å². The molecule has 16 heteroatoms. The topological polar surface area (TPSA) is 165 Å². The molecule has 2 heterocycles. The normalized spacial score (nSPS) is 24.0. The summed E-state index contributed by atoms with van der Waals surface area (Å²) in [5.41, 5.74) is 4.95. The van der Waals surface area contributed by atoms with Gasteiger partial charge in [0.15, 0.2) is 0 Å². The summed E-state index contributed by atoms with van der Waals surface area (Å²) in [6, 6.07) is 64.3. The molecule has 2 fully saturated rings. The maximum Gasteiger partial charge on any atom is 0.272 e. The molecule has 2 aliphatic heterocycles. The van der Waals surface area contributed by atoms with Crippen molar-refractivity contribution in [3.05, 3.63) is 240 Å². The van der Waals surface area contributed by atoms with E-state index in [0.717, 1.165) is 33.4 Å². The zero-order chi connectivity index (χ0) is 55.4. The van der Waals surface area contributed by atoms with Crippen molar-refractivity contribution in [1.82, 2.24) is 0 Å². The molecular formula is C64H70O15S. The number of benzene rings is 7. The maximum atomic E-state index is 14.8. The van der Waals surface area contributed by atoms with Gasteiger partial charge >= 0.3 is 0 Å². The fourth-order valence-electron chi connectivity index (χ4n) is 9.72. The number of aliphatic hydroxyl groups is 1. The summed E-state index contributed by atoms with van der Waals surface area (Å²) < 4.78 is 110. The lowest BCUT2D eigenvalue weighted by molar-refractivity contribution is -0.407. The van der Waals surface area contributed by atoms with Gasteiger partial charge in [0.25, 0.3) is 10.1 Å². The first kappa shape index (κ1) is 58.3. The van der Waals surface area contributed by atoms with E-state index in [2.05, 4.69) is 0 Å². The van der Waals surface area contributed by atoms with E-state index in [1.807, 2.05) is 182 Å². The molecule has 2 aliphatic rings. The Morgan fingerprint density at radius 3 is 1.32 bits per heavy atom. The SMILES string of the molecule is CCOS(=O)(=O)C[C@]1(O[C@H]2[C@H](OCc3ccccc3)[C@@H](OCc3ccccc3)[C@H](Oc3ccc(OC)cc3)O[C@@H]2COCc2ccccc2)O[C@H](COCc2ccccc2)[C@@H](O)[C@H](OCc2ccccc2)[C@H]1OCc1ccccc1. The van der Waals surface area contributed by atoms with E-state index >= 15 is 0 Å². The molecule has 0 bridgehead atoms. The Balaban J connectivity index is 1.20. The van der Waals surface area contributed by atoms with Crippen molar-refractivity contribution in [2.75, 3.05) is 32.7 Å². The van der Waals surface area contributed by atoms with Crippen LogP contribution in [-0.2, 0) is 96.6 Å². The minimum absolute atomic E-state index is 0.00920. The fraction of sp³-hybridized carbons (Fsp3) is 0.344. The number of hydrogen-bond donors (Lipinski definition) is 1. The van der Waals surface area contributed by atoms with Crippen molar-refractivity contribution < 1.29 is 69.8 Å². The summed E-state index contributed by atoms with van der Waals surface area (Å²) in [7, 11) is -3.01. The Labute approximate surface area is 469 Å². The molecule has 7 aromatic rings. The fourth-order valence-corrected chi connectivity index (χ4v) is 11.0. The van der Waals surface area contributed by atoms with Crippen molar-refractivity contribution in [3.63, 3.8) is 0 Å². The van der Waals surface area contributed by atoms with Crippen LogP contribution < -0.4 is 9.47 Å². The van der Waals surface area contributed by atoms with E-state index in [0.29, 0.717) is 11.5 Å². The van der Waals surface area contributed by atoms with Crippen LogP contribution in [0.4, 0.5) is 0 Å². The Bertz CT molecular complexity index is 2970. The molecule has 10 atom stereocenters. The molecule has 0 unspecified atom stereocenters. The zero-order valence-electron chi connectivity index (χ0n) is 45.0.